The lowest BCUT2D eigenvalue weighted by atomic mass is 9.97. The molecule has 5 heteroatoms. The summed E-state index contributed by atoms with van der Waals surface area (Å²) in [4.78, 5) is 15.8. The smallest absolute Gasteiger partial charge is 0.164 e. The molecule has 0 radical (unpaired) electrons. The van der Waals surface area contributed by atoms with Crippen LogP contribution in [0.15, 0.2) is 199 Å². The topological polar surface area (TPSA) is 56.7 Å². The lowest BCUT2D eigenvalue weighted by Crippen LogP contribution is -2.01. The quantitative estimate of drug-likeness (QED) is 0.176. The summed E-state index contributed by atoms with van der Waals surface area (Å²) in [6, 6.07) is 68.0. The van der Waals surface area contributed by atoms with Crippen LogP contribution in [0.5, 0.6) is 0 Å². The van der Waals surface area contributed by atoms with Gasteiger partial charge in [-0.1, -0.05) is 133 Å². The fraction of sp³-hybridized carbons (Fsp3) is 0. The van der Waals surface area contributed by atoms with E-state index in [1.807, 2.05) is 6.07 Å². The van der Waals surface area contributed by atoms with Gasteiger partial charge in [-0.15, -0.1) is 0 Å². The molecule has 0 spiro atoms. The summed E-state index contributed by atoms with van der Waals surface area (Å²) >= 11 is 0. The highest BCUT2D eigenvalue weighted by Gasteiger charge is 2.21. The summed E-state index contributed by atoms with van der Waals surface area (Å²) < 4.78 is 8.97. The minimum Gasteiger partial charge on any atom is -0.456 e. The van der Waals surface area contributed by atoms with Gasteiger partial charge < -0.3 is 8.98 Å². The molecule has 3 aromatic heterocycles. The van der Waals surface area contributed by atoms with Gasteiger partial charge in [-0.2, -0.15) is 0 Å². The van der Waals surface area contributed by atoms with E-state index in [0.29, 0.717) is 17.5 Å². The van der Waals surface area contributed by atoms with Crippen molar-refractivity contribution in [2.75, 3.05) is 0 Å². The van der Waals surface area contributed by atoms with Crippen LogP contribution in [-0.2, 0) is 0 Å². The van der Waals surface area contributed by atoms with Gasteiger partial charge in [0.25, 0.3) is 0 Å². The Labute approximate surface area is 333 Å². The van der Waals surface area contributed by atoms with E-state index >= 15 is 0 Å². The van der Waals surface area contributed by atoms with Crippen LogP contribution in [0.4, 0.5) is 0 Å². The van der Waals surface area contributed by atoms with Gasteiger partial charge in [-0.25, -0.2) is 15.0 Å². The number of fused-ring (bicyclic) bond motifs is 9. The molecule has 0 saturated heterocycles. The van der Waals surface area contributed by atoms with Gasteiger partial charge in [0.1, 0.15) is 11.2 Å². The molecule has 58 heavy (non-hydrogen) atoms. The highest BCUT2D eigenvalue weighted by Crippen LogP contribution is 2.42. The summed E-state index contributed by atoms with van der Waals surface area (Å²) in [6.45, 7) is 0. The molecule has 0 aliphatic heterocycles. The van der Waals surface area contributed by atoms with Crippen LogP contribution in [-0.4, -0.2) is 19.5 Å². The Morgan fingerprint density at radius 3 is 1.78 bits per heavy atom. The fourth-order valence-electron chi connectivity index (χ4n) is 8.69. The predicted octanol–water partition coefficient (Wildman–Crippen LogP) is 13.8. The van der Waals surface area contributed by atoms with E-state index in [9.17, 15) is 0 Å². The maximum Gasteiger partial charge on any atom is 0.164 e. The average molecular weight is 741 g/mol. The number of para-hydroxylation sites is 2. The first kappa shape index (κ1) is 32.4. The number of nitrogens with zero attached hydrogens (tertiary/aromatic N) is 4. The van der Waals surface area contributed by atoms with Crippen LogP contribution in [0.25, 0.3) is 116 Å². The van der Waals surface area contributed by atoms with Gasteiger partial charge in [-0.05, 0) is 93.3 Å². The first-order chi connectivity index (χ1) is 28.7. The van der Waals surface area contributed by atoms with Gasteiger partial charge in [-0.3, -0.25) is 0 Å². The highest BCUT2D eigenvalue weighted by molar-refractivity contribution is 6.22. The summed E-state index contributed by atoms with van der Waals surface area (Å²) in [7, 11) is 0. The first-order valence-corrected chi connectivity index (χ1v) is 19.5. The van der Waals surface area contributed by atoms with Crippen molar-refractivity contribution in [3.8, 4) is 51.0 Å². The second-order valence-corrected chi connectivity index (χ2v) is 14.8. The van der Waals surface area contributed by atoms with E-state index in [1.54, 1.807) is 0 Å². The van der Waals surface area contributed by atoms with Crippen molar-refractivity contribution >= 4 is 65.3 Å². The second-order valence-electron chi connectivity index (χ2n) is 14.8. The van der Waals surface area contributed by atoms with Crippen molar-refractivity contribution < 1.29 is 4.42 Å². The van der Waals surface area contributed by atoms with E-state index in [2.05, 4.69) is 193 Å². The predicted molar refractivity (Wildman–Crippen MR) is 238 cm³/mol. The largest absolute Gasteiger partial charge is 0.456 e. The molecule has 270 valence electrons. The fourth-order valence-corrected chi connectivity index (χ4v) is 8.69. The second kappa shape index (κ2) is 12.8. The van der Waals surface area contributed by atoms with E-state index < -0.39 is 0 Å². The molecule has 0 amide bonds. The Balaban J connectivity index is 1.10. The minimum atomic E-state index is 0.587. The zero-order valence-electron chi connectivity index (χ0n) is 31.2. The van der Waals surface area contributed by atoms with Crippen molar-refractivity contribution in [2.45, 2.75) is 0 Å². The highest BCUT2D eigenvalue weighted by atomic mass is 16.3. The van der Waals surface area contributed by atoms with Gasteiger partial charge >= 0.3 is 0 Å². The van der Waals surface area contributed by atoms with Crippen LogP contribution in [0.2, 0.25) is 0 Å². The van der Waals surface area contributed by atoms with Crippen LogP contribution >= 0.6 is 0 Å². The summed E-state index contributed by atoms with van der Waals surface area (Å²) in [5, 5.41) is 8.89. The summed E-state index contributed by atoms with van der Waals surface area (Å²) in [5.74, 6) is 1.80. The molecule has 12 rings (SSSR count). The molecule has 0 fully saturated rings. The van der Waals surface area contributed by atoms with Crippen LogP contribution < -0.4 is 0 Å². The number of hydrogen-bond acceptors (Lipinski definition) is 4. The third kappa shape index (κ3) is 5.14. The number of hydrogen-bond donors (Lipinski definition) is 0. The molecule has 0 unspecified atom stereocenters. The maximum atomic E-state index is 6.65. The SMILES string of the molecule is c1ccc(-c2ccc3oc4cc(-c5nc(-c6ccc7ccccc7c6)nc(-c6ccc7c(c6)c6ccccc6n7-c6ccccc6)n5)c5ccccc5c4c3c2)cc1. The Hall–Kier alpha value is -7.89. The Bertz CT molecular complexity index is 3570. The normalized spacial score (nSPS) is 11.8. The van der Waals surface area contributed by atoms with Gasteiger partial charge in [0.15, 0.2) is 17.5 Å². The number of benzene rings is 9. The molecule has 9 aromatic carbocycles. The van der Waals surface area contributed by atoms with Crippen molar-refractivity contribution in [1.82, 2.24) is 19.5 Å². The molecule has 0 N–H and O–H groups in total. The Morgan fingerprint density at radius 1 is 0.345 bits per heavy atom. The summed E-state index contributed by atoms with van der Waals surface area (Å²) in [5.41, 5.74) is 10.1. The molecule has 0 aliphatic rings. The average Bonchev–Trinajstić information content (AvgIpc) is 3.84. The van der Waals surface area contributed by atoms with Crippen LogP contribution in [0.3, 0.4) is 0 Å². The van der Waals surface area contributed by atoms with E-state index in [-0.39, 0.29) is 0 Å². The van der Waals surface area contributed by atoms with E-state index in [0.717, 1.165) is 87.8 Å². The number of aromatic nitrogens is 4. The molecule has 0 atom stereocenters. The first-order valence-electron chi connectivity index (χ1n) is 19.5. The molecule has 0 bridgehead atoms. The van der Waals surface area contributed by atoms with Crippen molar-refractivity contribution in [3.05, 3.63) is 194 Å². The Morgan fingerprint density at radius 2 is 0.948 bits per heavy atom. The number of furan rings is 1. The zero-order chi connectivity index (χ0) is 38.2. The monoisotopic (exact) mass is 740 g/mol. The van der Waals surface area contributed by atoms with Gasteiger partial charge in [0, 0.05) is 43.9 Å². The maximum absolute atomic E-state index is 6.65. The molecular weight excluding hydrogens is 709 g/mol. The molecule has 5 nitrogen and oxygen atoms in total. The Kier molecular flexibility index (Phi) is 7.16. The molecule has 12 aromatic rings. The third-order valence-electron chi connectivity index (χ3n) is 11.4. The zero-order valence-corrected chi connectivity index (χ0v) is 31.2. The molecule has 0 saturated carbocycles. The third-order valence-corrected chi connectivity index (χ3v) is 11.4. The molecular formula is C53H32N4O. The van der Waals surface area contributed by atoms with Crippen LogP contribution in [0, 0.1) is 0 Å². The van der Waals surface area contributed by atoms with Crippen LogP contribution in [0.1, 0.15) is 0 Å². The van der Waals surface area contributed by atoms with Crippen molar-refractivity contribution in [2.24, 2.45) is 0 Å². The lowest BCUT2D eigenvalue weighted by Gasteiger charge is -2.12. The van der Waals surface area contributed by atoms with Crippen molar-refractivity contribution in [1.29, 1.82) is 0 Å². The van der Waals surface area contributed by atoms with E-state index in [1.165, 1.54) is 10.9 Å². The van der Waals surface area contributed by atoms with Crippen molar-refractivity contribution in [3.63, 3.8) is 0 Å². The standard InChI is InChI=1S/C53H32N4O/c1-3-13-33(14-4-1)36-26-28-48-45(30-36)50-42-21-10-9-19-40(42)44(32-49(50)58-48)53-55-51(37-24-23-34-15-7-8-16-35(34)29-37)54-52(56-53)38-25-27-47-43(31-38)41-20-11-12-22-46(41)57(47)39-17-5-2-6-18-39/h1-32H. The minimum absolute atomic E-state index is 0.587. The van der Waals surface area contributed by atoms with Gasteiger partial charge in [0.05, 0.1) is 11.0 Å². The molecule has 0 aliphatic carbocycles. The molecule has 3 heterocycles. The van der Waals surface area contributed by atoms with Gasteiger partial charge in [0.2, 0.25) is 0 Å². The number of rotatable bonds is 5. The summed E-state index contributed by atoms with van der Waals surface area (Å²) in [6.07, 6.45) is 0. The van der Waals surface area contributed by atoms with E-state index in [4.69, 9.17) is 19.4 Å². The lowest BCUT2D eigenvalue weighted by molar-refractivity contribution is 0.669.